The minimum absolute atomic E-state index is 0.0803. The van der Waals surface area contributed by atoms with Gasteiger partial charge in [-0.25, -0.2) is 4.39 Å². The fraction of sp³-hybridized carbons (Fsp3) is 0.286. The topological polar surface area (TPSA) is 47.8 Å². The van der Waals surface area contributed by atoms with Gasteiger partial charge in [-0.15, -0.1) is 10.2 Å². The van der Waals surface area contributed by atoms with E-state index in [1.54, 1.807) is 29.7 Å². The van der Waals surface area contributed by atoms with Crippen molar-refractivity contribution in [2.45, 2.75) is 38.6 Å². The van der Waals surface area contributed by atoms with E-state index in [0.29, 0.717) is 22.3 Å². The molecule has 0 aliphatic carbocycles. The molecule has 2 aromatic carbocycles. The minimum Gasteiger partial charge on any atom is -0.305 e. The van der Waals surface area contributed by atoms with Crippen LogP contribution in [0, 0.1) is 26.6 Å². The molecular formula is C21H22FN3OS. The van der Waals surface area contributed by atoms with Gasteiger partial charge in [0.1, 0.15) is 5.82 Å². The van der Waals surface area contributed by atoms with E-state index >= 15 is 0 Å². The lowest BCUT2D eigenvalue weighted by atomic mass is 9.92. The van der Waals surface area contributed by atoms with E-state index in [1.165, 1.54) is 17.8 Å². The van der Waals surface area contributed by atoms with Crippen molar-refractivity contribution in [1.82, 2.24) is 14.8 Å². The molecule has 0 radical (unpaired) electrons. The first-order chi connectivity index (χ1) is 12.8. The number of nitrogens with zero attached hydrogens (tertiary/aromatic N) is 3. The highest BCUT2D eigenvalue weighted by atomic mass is 32.2. The lowest BCUT2D eigenvalue weighted by Crippen LogP contribution is -2.05. The van der Waals surface area contributed by atoms with E-state index < -0.39 is 0 Å². The summed E-state index contributed by atoms with van der Waals surface area (Å²) in [7, 11) is 1.83. The summed E-state index contributed by atoms with van der Waals surface area (Å²) in [6.07, 6.45) is 0. The number of ketones is 1. The van der Waals surface area contributed by atoms with Crippen LogP contribution in [0.15, 0.2) is 35.5 Å². The second-order valence-corrected chi connectivity index (χ2v) is 7.62. The highest BCUT2D eigenvalue weighted by Gasteiger charge is 2.17. The largest absolute Gasteiger partial charge is 0.305 e. The third-order valence-electron chi connectivity index (χ3n) is 4.78. The van der Waals surface area contributed by atoms with Crippen LogP contribution in [0.3, 0.4) is 0 Å². The van der Waals surface area contributed by atoms with Crippen molar-refractivity contribution in [1.29, 1.82) is 0 Å². The zero-order valence-electron chi connectivity index (χ0n) is 16.1. The smallest absolute Gasteiger partial charge is 0.191 e. The van der Waals surface area contributed by atoms with Gasteiger partial charge in [0, 0.05) is 18.4 Å². The van der Waals surface area contributed by atoms with Gasteiger partial charge in [0.05, 0.1) is 5.56 Å². The molecule has 0 spiro atoms. The van der Waals surface area contributed by atoms with Crippen LogP contribution >= 0.6 is 11.8 Å². The van der Waals surface area contributed by atoms with E-state index in [0.717, 1.165) is 27.8 Å². The first-order valence-electron chi connectivity index (χ1n) is 8.69. The summed E-state index contributed by atoms with van der Waals surface area (Å²) >= 11 is 1.53. The number of aromatic nitrogens is 3. The summed E-state index contributed by atoms with van der Waals surface area (Å²) in [6, 6.07) is 8.60. The van der Waals surface area contributed by atoms with Gasteiger partial charge in [-0.3, -0.25) is 4.79 Å². The van der Waals surface area contributed by atoms with E-state index in [2.05, 4.69) is 23.2 Å². The number of Topliss-reactive ketones (excluding diaryl/α,β-unsaturated/α-hetero) is 1. The van der Waals surface area contributed by atoms with Crippen LogP contribution in [-0.4, -0.2) is 20.5 Å². The van der Waals surface area contributed by atoms with Crippen LogP contribution in [-0.2, 0) is 12.8 Å². The molecule has 1 aromatic heterocycles. The van der Waals surface area contributed by atoms with Gasteiger partial charge in [-0.05, 0) is 62.1 Å². The Morgan fingerprint density at radius 2 is 1.85 bits per heavy atom. The maximum Gasteiger partial charge on any atom is 0.191 e. The predicted octanol–water partition coefficient (Wildman–Crippen LogP) is 5.04. The number of carbonyl (C=O) groups excluding carboxylic acids is 1. The molecule has 0 N–H and O–H groups in total. The highest BCUT2D eigenvalue weighted by molar-refractivity contribution is 7.98. The molecule has 1 heterocycles. The summed E-state index contributed by atoms with van der Waals surface area (Å²) in [5.41, 5.74) is 5.53. The summed E-state index contributed by atoms with van der Waals surface area (Å²) in [4.78, 5) is 12.0. The zero-order valence-corrected chi connectivity index (χ0v) is 16.9. The van der Waals surface area contributed by atoms with Crippen LogP contribution in [0.1, 0.15) is 39.5 Å². The normalized spacial score (nSPS) is 11.0. The van der Waals surface area contributed by atoms with E-state index in [9.17, 15) is 9.18 Å². The molecule has 3 aromatic rings. The van der Waals surface area contributed by atoms with Crippen molar-refractivity contribution in [2.75, 3.05) is 0 Å². The lowest BCUT2D eigenvalue weighted by molar-refractivity contribution is 0.101. The maximum atomic E-state index is 14.1. The SMILES string of the molecule is CC(=O)c1c(C)cc(C)c(CSc2nnc(-c3ccccc3F)n2C)c1C. The standard InChI is InChI=1S/C21H22FN3OS/c1-12-10-13(2)19(15(4)26)14(3)17(12)11-27-21-24-23-20(25(21)5)16-8-6-7-9-18(16)22/h6-10H,11H2,1-5H3. The number of thioether (sulfide) groups is 1. The van der Waals surface area contributed by atoms with E-state index in [-0.39, 0.29) is 11.6 Å². The zero-order chi connectivity index (χ0) is 19.7. The summed E-state index contributed by atoms with van der Waals surface area (Å²) in [5, 5.41) is 9.09. The van der Waals surface area contributed by atoms with Crippen molar-refractivity contribution in [2.24, 2.45) is 7.05 Å². The van der Waals surface area contributed by atoms with E-state index in [4.69, 9.17) is 0 Å². The molecule has 4 nitrogen and oxygen atoms in total. The van der Waals surface area contributed by atoms with Crippen LogP contribution < -0.4 is 0 Å². The Bertz CT molecular complexity index is 1030. The molecule has 0 saturated carbocycles. The average molecular weight is 383 g/mol. The molecule has 0 fully saturated rings. The minimum atomic E-state index is -0.319. The van der Waals surface area contributed by atoms with Gasteiger partial charge in [-0.2, -0.15) is 0 Å². The Morgan fingerprint density at radius 1 is 1.15 bits per heavy atom. The summed E-state index contributed by atoms with van der Waals surface area (Å²) in [5.74, 6) is 0.927. The molecule has 0 amide bonds. The van der Waals surface area contributed by atoms with Crippen LogP contribution in [0.4, 0.5) is 4.39 Å². The van der Waals surface area contributed by atoms with Crippen LogP contribution in [0.5, 0.6) is 0 Å². The molecule has 27 heavy (non-hydrogen) atoms. The number of hydrogen-bond acceptors (Lipinski definition) is 4. The Kier molecular flexibility index (Phi) is 5.46. The summed E-state index contributed by atoms with van der Waals surface area (Å²) < 4.78 is 15.9. The van der Waals surface area contributed by atoms with Crippen molar-refractivity contribution < 1.29 is 9.18 Å². The third-order valence-corrected chi connectivity index (χ3v) is 5.83. The monoisotopic (exact) mass is 383 g/mol. The van der Waals surface area contributed by atoms with Gasteiger partial charge in [0.15, 0.2) is 16.8 Å². The van der Waals surface area contributed by atoms with Crippen molar-refractivity contribution in [3.05, 3.63) is 64.0 Å². The molecule has 0 atom stereocenters. The van der Waals surface area contributed by atoms with E-state index in [1.807, 2.05) is 20.9 Å². The third kappa shape index (κ3) is 3.67. The van der Waals surface area contributed by atoms with Crippen LogP contribution in [0.25, 0.3) is 11.4 Å². The maximum absolute atomic E-state index is 14.1. The molecule has 0 bridgehead atoms. The van der Waals surface area contributed by atoms with Gasteiger partial charge < -0.3 is 4.57 Å². The molecule has 3 rings (SSSR count). The van der Waals surface area contributed by atoms with Gasteiger partial charge >= 0.3 is 0 Å². The first kappa shape index (κ1) is 19.3. The Hall–Kier alpha value is -2.47. The fourth-order valence-corrected chi connectivity index (χ4v) is 4.54. The fourth-order valence-electron chi connectivity index (χ4n) is 3.44. The van der Waals surface area contributed by atoms with Gasteiger partial charge in [0.25, 0.3) is 0 Å². The van der Waals surface area contributed by atoms with Crippen molar-refractivity contribution in [3.63, 3.8) is 0 Å². The van der Waals surface area contributed by atoms with Crippen molar-refractivity contribution in [3.8, 4) is 11.4 Å². The first-order valence-corrected chi connectivity index (χ1v) is 9.67. The molecule has 6 heteroatoms. The number of rotatable bonds is 5. The molecule has 0 aliphatic rings. The Balaban J connectivity index is 1.90. The molecular weight excluding hydrogens is 361 g/mol. The number of hydrogen-bond donors (Lipinski definition) is 0. The predicted molar refractivity (Wildman–Crippen MR) is 107 cm³/mol. The number of benzene rings is 2. The number of aryl methyl sites for hydroxylation is 2. The van der Waals surface area contributed by atoms with Gasteiger partial charge in [-0.1, -0.05) is 30.0 Å². The Morgan fingerprint density at radius 3 is 2.52 bits per heavy atom. The molecule has 140 valence electrons. The number of carbonyl (C=O) groups is 1. The van der Waals surface area contributed by atoms with Crippen LogP contribution in [0.2, 0.25) is 0 Å². The highest BCUT2D eigenvalue weighted by Crippen LogP contribution is 2.30. The van der Waals surface area contributed by atoms with Gasteiger partial charge in [0.2, 0.25) is 0 Å². The second kappa shape index (κ2) is 7.64. The molecule has 0 aliphatic heterocycles. The lowest BCUT2D eigenvalue weighted by Gasteiger charge is -2.15. The van der Waals surface area contributed by atoms with Crippen molar-refractivity contribution >= 4 is 17.5 Å². The second-order valence-electron chi connectivity index (χ2n) is 6.68. The quantitative estimate of drug-likeness (QED) is 0.457. The molecule has 0 unspecified atom stereocenters. The Labute approximate surface area is 162 Å². The molecule has 0 saturated heterocycles. The summed E-state index contributed by atoms with van der Waals surface area (Å²) in [6.45, 7) is 7.62. The number of halogens is 1. The average Bonchev–Trinajstić information content (AvgIpc) is 2.95.